The van der Waals surface area contributed by atoms with Crippen molar-refractivity contribution in [3.05, 3.63) is 29.3 Å². The third-order valence-corrected chi connectivity index (χ3v) is 7.23. The lowest BCUT2D eigenvalue weighted by molar-refractivity contribution is -0.248. The van der Waals surface area contributed by atoms with Gasteiger partial charge in [-0.1, -0.05) is 25.8 Å². The van der Waals surface area contributed by atoms with Crippen LogP contribution in [0.3, 0.4) is 0 Å². The molecule has 13 heteroatoms. The van der Waals surface area contributed by atoms with Crippen molar-refractivity contribution in [1.82, 2.24) is 5.32 Å². The van der Waals surface area contributed by atoms with Crippen molar-refractivity contribution < 1.29 is 57.2 Å². The number of terminal acetylenes is 1. The number of rotatable bonds is 14. The molecule has 1 aromatic rings. The molecule has 13 nitrogen and oxygen atoms in total. The van der Waals surface area contributed by atoms with Gasteiger partial charge in [0.25, 0.3) is 0 Å². The number of carbonyl (C=O) groups is 6. The minimum absolute atomic E-state index is 0.00534. The molecule has 240 valence electrons. The molecule has 1 aliphatic heterocycles. The summed E-state index contributed by atoms with van der Waals surface area (Å²) in [6, 6.07) is 4.43. The zero-order chi connectivity index (χ0) is 33.0. The van der Waals surface area contributed by atoms with Crippen molar-refractivity contribution in [3.8, 4) is 18.1 Å². The molecule has 0 unspecified atom stereocenters. The summed E-state index contributed by atoms with van der Waals surface area (Å²) in [5, 5.41) is 2.53. The molecule has 6 atom stereocenters. The van der Waals surface area contributed by atoms with Crippen molar-refractivity contribution >= 4 is 35.6 Å². The molecule has 0 radical (unpaired) electrons. The van der Waals surface area contributed by atoms with Crippen LogP contribution in [0.2, 0.25) is 0 Å². The molecule has 0 aromatic heterocycles. The first-order valence-corrected chi connectivity index (χ1v) is 14.0. The lowest BCUT2D eigenvalue weighted by atomic mass is 9.83. The van der Waals surface area contributed by atoms with Crippen molar-refractivity contribution in [3.63, 3.8) is 0 Å². The summed E-state index contributed by atoms with van der Waals surface area (Å²) < 4.78 is 32.2. The number of hydrogen-bond donors (Lipinski definition) is 1. The van der Waals surface area contributed by atoms with E-state index in [1.165, 1.54) is 40.2 Å². The fourth-order valence-electron chi connectivity index (χ4n) is 4.64. The molecule has 44 heavy (non-hydrogen) atoms. The Labute approximate surface area is 256 Å². The molecular formula is C31H39NO12. The molecule has 0 bridgehead atoms. The van der Waals surface area contributed by atoms with E-state index < -0.39 is 71.8 Å². The van der Waals surface area contributed by atoms with E-state index in [1.807, 2.05) is 0 Å². The highest BCUT2D eigenvalue weighted by Gasteiger charge is 2.48. The molecule has 0 saturated carbocycles. The number of esters is 4. The first-order chi connectivity index (χ1) is 20.8. The van der Waals surface area contributed by atoms with Gasteiger partial charge in [-0.3, -0.25) is 24.0 Å². The Balaban J connectivity index is 2.51. The van der Waals surface area contributed by atoms with E-state index in [1.54, 1.807) is 19.9 Å². The van der Waals surface area contributed by atoms with Gasteiger partial charge in [0.1, 0.15) is 12.4 Å². The summed E-state index contributed by atoms with van der Waals surface area (Å²) in [6.45, 7) is 5.74. The van der Waals surface area contributed by atoms with Crippen LogP contribution in [-0.4, -0.2) is 74.8 Å². The normalized spacial score (nSPS) is 21.5. The molecule has 1 N–H and O–H groups in total. The smallest absolute Gasteiger partial charge is 0.335 e. The van der Waals surface area contributed by atoms with E-state index in [9.17, 15) is 28.8 Å². The Morgan fingerprint density at radius 1 is 1.02 bits per heavy atom. The summed E-state index contributed by atoms with van der Waals surface area (Å²) >= 11 is 0. The second kappa shape index (κ2) is 17.0. The second-order valence-corrected chi connectivity index (χ2v) is 10.3. The van der Waals surface area contributed by atoms with Crippen LogP contribution in [0.25, 0.3) is 0 Å². The van der Waals surface area contributed by atoms with Crippen molar-refractivity contribution in [2.75, 3.05) is 20.8 Å². The first-order valence-electron chi connectivity index (χ1n) is 14.0. The van der Waals surface area contributed by atoms with E-state index in [-0.39, 0.29) is 43.7 Å². The summed E-state index contributed by atoms with van der Waals surface area (Å²) in [4.78, 5) is 74.3. The van der Waals surface area contributed by atoms with Crippen molar-refractivity contribution in [2.45, 2.75) is 72.1 Å². The molecule has 1 amide bonds. The predicted octanol–water partition coefficient (Wildman–Crippen LogP) is 2.12. The highest BCUT2D eigenvalue weighted by atomic mass is 16.7. The van der Waals surface area contributed by atoms with Crippen LogP contribution >= 0.6 is 0 Å². The van der Waals surface area contributed by atoms with Crippen LogP contribution in [0.1, 0.15) is 62.9 Å². The van der Waals surface area contributed by atoms with Crippen LogP contribution < -0.4 is 10.1 Å². The monoisotopic (exact) mass is 617 g/mol. The maximum atomic E-state index is 13.8. The van der Waals surface area contributed by atoms with Gasteiger partial charge in [0.15, 0.2) is 18.0 Å². The van der Waals surface area contributed by atoms with Gasteiger partial charge in [-0.05, 0) is 30.0 Å². The number of amides is 1. The fourth-order valence-corrected chi connectivity index (χ4v) is 4.64. The van der Waals surface area contributed by atoms with Crippen molar-refractivity contribution in [1.29, 1.82) is 0 Å². The minimum Gasteiger partial charge on any atom is -0.469 e. The standard InChI is InChI=1S/C31H39NO12/c1-8-13-32-29(37)22(10-12-26(36)39-6)15-24(35)23-14-21(16-41-19(4)33)9-11-25(23)43-31-28(42-20(5)34)18(3)17(2)27(44-31)30(38)40-7/h1,9,11,14,17-18,22,27-28,31H,10,12-13,15-16H2,2-7H3,(H,32,37)/t17-,18-,22-,27-,28+,31+/m0/s1. The molecule has 1 aliphatic rings. The summed E-state index contributed by atoms with van der Waals surface area (Å²) in [5.41, 5.74) is 0.433. The Morgan fingerprint density at radius 2 is 1.73 bits per heavy atom. The van der Waals surface area contributed by atoms with E-state index >= 15 is 0 Å². The molecule has 1 saturated heterocycles. The average molecular weight is 618 g/mol. The number of benzene rings is 1. The first kappa shape index (κ1) is 35.8. The van der Waals surface area contributed by atoms with Crippen LogP contribution in [-0.2, 0) is 54.3 Å². The molecular weight excluding hydrogens is 578 g/mol. The van der Waals surface area contributed by atoms with Gasteiger partial charge in [-0.25, -0.2) is 4.79 Å². The Hall–Kier alpha value is -4.44. The molecule has 2 rings (SSSR count). The van der Waals surface area contributed by atoms with E-state index in [4.69, 9.17) is 30.1 Å². The Kier molecular flexibility index (Phi) is 13.8. The quantitative estimate of drug-likeness (QED) is 0.140. The van der Waals surface area contributed by atoms with Gasteiger partial charge in [0.2, 0.25) is 12.2 Å². The third kappa shape index (κ3) is 10.1. The van der Waals surface area contributed by atoms with Gasteiger partial charge in [-0.15, -0.1) is 6.42 Å². The van der Waals surface area contributed by atoms with E-state index in [0.29, 0.717) is 5.56 Å². The largest absolute Gasteiger partial charge is 0.469 e. The number of Topliss-reactive ketones (excluding diaryl/α,β-unsaturated/α-hetero) is 1. The zero-order valence-electron chi connectivity index (χ0n) is 25.7. The minimum atomic E-state index is -1.32. The highest BCUT2D eigenvalue weighted by Crippen LogP contribution is 2.36. The predicted molar refractivity (Wildman–Crippen MR) is 153 cm³/mol. The van der Waals surface area contributed by atoms with Gasteiger partial charge >= 0.3 is 23.9 Å². The van der Waals surface area contributed by atoms with Crippen LogP contribution in [0.15, 0.2) is 18.2 Å². The lowest BCUT2D eigenvalue weighted by Gasteiger charge is -2.42. The third-order valence-electron chi connectivity index (χ3n) is 7.23. The highest BCUT2D eigenvalue weighted by molar-refractivity contribution is 6.01. The SMILES string of the molecule is C#CCNC(=O)[C@@H](CCC(=O)OC)CC(=O)c1cc(COC(C)=O)ccc1O[C@@H]1O[C@H](C(=O)OC)[C@@H](C)[C@H](C)[C@H]1OC(C)=O. The van der Waals surface area contributed by atoms with Crippen LogP contribution in [0.5, 0.6) is 5.75 Å². The molecule has 1 heterocycles. The Morgan fingerprint density at radius 3 is 2.32 bits per heavy atom. The topological polar surface area (TPSA) is 170 Å². The number of nitrogens with one attached hydrogen (secondary N) is 1. The van der Waals surface area contributed by atoms with Gasteiger partial charge < -0.3 is 33.7 Å². The second-order valence-electron chi connectivity index (χ2n) is 10.3. The summed E-state index contributed by atoms with van der Waals surface area (Å²) in [5.74, 6) is -2.97. The summed E-state index contributed by atoms with van der Waals surface area (Å²) in [6.07, 6.45) is 1.43. The Bertz CT molecular complexity index is 1270. The van der Waals surface area contributed by atoms with E-state index in [2.05, 4.69) is 16.0 Å². The summed E-state index contributed by atoms with van der Waals surface area (Å²) in [7, 11) is 2.42. The number of ether oxygens (including phenoxy) is 6. The number of carbonyl (C=O) groups excluding carboxylic acids is 6. The van der Waals surface area contributed by atoms with Crippen LogP contribution in [0, 0.1) is 30.1 Å². The molecule has 1 aromatic carbocycles. The molecule has 1 fully saturated rings. The molecule has 0 spiro atoms. The lowest BCUT2D eigenvalue weighted by Crippen LogP contribution is -2.55. The average Bonchev–Trinajstić information content (AvgIpc) is 2.99. The number of methoxy groups -OCH3 is 2. The van der Waals surface area contributed by atoms with Gasteiger partial charge in [0, 0.05) is 38.5 Å². The van der Waals surface area contributed by atoms with Gasteiger partial charge in [-0.2, -0.15) is 0 Å². The maximum Gasteiger partial charge on any atom is 0.335 e. The fraction of sp³-hybridized carbons (Fsp3) is 0.548. The van der Waals surface area contributed by atoms with E-state index in [0.717, 1.165) is 0 Å². The maximum absolute atomic E-state index is 13.8. The molecule has 0 aliphatic carbocycles. The van der Waals surface area contributed by atoms with Crippen molar-refractivity contribution in [2.24, 2.45) is 17.8 Å². The number of ketones is 1. The zero-order valence-corrected chi connectivity index (χ0v) is 25.7. The van der Waals surface area contributed by atoms with Gasteiger partial charge in [0.05, 0.1) is 26.3 Å². The van der Waals surface area contributed by atoms with Crippen LogP contribution in [0.4, 0.5) is 0 Å². The number of hydrogen-bond acceptors (Lipinski definition) is 12.